The third kappa shape index (κ3) is 4.20. The zero-order valence-corrected chi connectivity index (χ0v) is 20.5. The molecule has 33 heavy (non-hydrogen) atoms. The molecule has 5 rings (SSSR count). The second-order valence-corrected chi connectivity index (χ2v) is 10.5. The zero-order chi connectivity index (χ0) is 23.3. The maximum atomic E-state index is 13.7. The van der Waals surface area contributed by atoms with Gasteiger partial charge in [0.05, 0.1) is 17.1 Å². The molecule has 3 aliphatic rings. The molecule has 0 aromatic carbocycles. The van der Waals surface area contributed by atoms with Crippen molar-refractivity contribution in [2.24, 2.45) is 5.73 Å². The second kappa shape index (κ2) is 9.02. The van der Waals surface area contributed by atoms with E-state index in [4.69, 9.17) is 27.4 Å². The number of aromatic nitrogens is 3. The van der Waals surface area contributed by atoms with Gasteiger partial charge in [-0.05, 0) is 46.5 Å². The fourth-order valence-corrected chi connectivity index (χ4v) is 5.81. The molecule has 5 heterocycles. The van der Waals surface area contributed by atoms with Crippen LogP contribution < -0.4 is 16.1 Å². The first-order chi connectivity index (χ1) is 15.8. The monoisotopic (exact) mass is 474 g/mol. The number of halogens is 1. The number of alkyl halides is 1. The molecule has 180 valence electrons. The third-order valence-corrected chi connectivity index (χ3v) is 7.59. The third-order valence-electron chi connectivity index (χ3n) is 7.20. The average Bonchev–Trinajstić information content (AvgIpc) is 3.50. The lowest BCUT2D eigenvalue weighted by molar-refractivity contribution is -0.141. The van der Waals surface area contributed by atoms with Crippen molar-refractivity contribution in [2.45, 2.75) is 76.0 Å². The highest BCUT2D eigenvalue weighted by Gasteiger charge is 2.44. The van der Waals surface area contributed by atoms with Gasteiger partial charge in [0, 0.05) is 56.1 Å². The second-order valence-electron chi connectivity index (χ2n) is 9.98. The van der Waals surface area contributed by atoms with Crippen LogP contribution in [0.15, 0.2) is 12.3 Å². The first-order valence-electron chi connectivity index (χ1n) is 12.2. The maximum absolute atomic E-state index is 13.7. The summed E-state index contributed by atoms with van der Waals surface area (Å²) in [7, 11) is 0. The minimum Gasteiger partial charge on any atom is -0.355 e. The Kier molecular flexibility index (Phi) is 6.24. The van der Waals surface area contributed by atoms with Crippen LogP contribution in [0.3, 0.4) is 0 Å². The van der Waals surface area contributed by atoms with E-state index >= 15 is 0 Å². The van der Waals surface area contributed by atoms with E-state index in [0.717, 1.165) is 68.0 Å². The molecule has 2 aromatic heterocycles. The SMILES string of the molecule is Cc1cn2nc([C@@H]3CCCCN3C(=O)C3C(Cl)CNN3C(C)C)cc2nc1N1CC[C@H](N)C1. The predicted molar refractivity (Wildman–Crippen MR) is 129 cm³/mol. The van der Waals surface area contributed by atoms with E-state index in [9.17, 15) is 4.79 Å². The molecule has 0 bridgehead atoms. The number of nitrogens with one attached hydrogen (secondary N) is 1. The largest absolute Gasteiger partial charge is 0.355 e. The Morgan fingerprint density at radius 2 is 2.09 bits per heavy atom. The Morgan fingerprint density at radius 1 is 1.27 bits per heavy atom. The van der Waals surface area contributed by atoms with Crippen molar-refractivity contribution in [1.29, 1.82) is 0 Å². The molecule has 9 nitrogen and oxygen atoms in total. The van der Waals surface area contributed by atoms with E-state index in [1.54, 1.807) is 0 Å². The van der Waals surface area contributed by atoms with Crippen molar-refractivity contribution < 1.29 is 4.79 Å². The van der Waals surface area contributed by atoms with Crippen LogP contribution in [0.5, 0.6) is 0 Å². The van der Waals surface area contributed by atoms with Crippen LogP contribution in [0.25, 0.3) is 5.65 Å². The number of fused-ring (bicyclic) bond motifs is 1. The highest BCUT2D eigenvalue weighted by molar-refractivity contribution is 6.23. The number of hydrogen-bond donors (Lipinski definition) is 2. The lowest BCUT2D eigenvalue weighted by Gasteiger charge is -2.39. The van der Waals surface area contributed by atoms with Crippen LogP contribution in [0, 0.1) is 6.92 Å². The van der Waals surface area contributed by atoms with Crippen molar-refractivity contribution in [1.82, 2.24) is 29.9 Å². The van der Waals surface area contributed by atoms with Gasteiger partial charge in [-0.3, -0.25) is 10.2 Å². The van der Waals surface area contributed by atoms with Crippen LogP contribution in [0.1, 0.15) is 56.8 Å². The van der Waals surface area contributed by atoms with Gasteiger partial charge >= 0.3 is 0 Å². The Morgan fingerprint density at radius 3 is 2.82 bits per heavy atom. The summed E-state index contributed by atoms with van der Waals surface area (Å²) in [5.41, 5.74) is 12.2. The number of rotatable bonds is 4. The standard InChI is InChI=1S/C23H35ClN8O/c1-14(2)32-21(17(24)11-26-32)23(33)30-8-5-4-6-19(30)18-10-20-27-22(15(3)12-31(20)28-18)29-9-7-16(25)13-29/h10,12,14,16-17,19,21,26H,4-9,11,13,25H2,1-3H3/t16-,17?,19-,21?/m0/s1. The summed E-state index contributed by atoms with van der Waals surface area (Å²) in [4.78, 5) is 22.9. The van der Waals surface area contributed by atoms with Gasteiger partial charge < -0.3 is 15.5 Å². The summed E-state index contributed by atoms with van der Waals surface area (Å²) in [6.45, 7) is 9.32. The van der Waals surface area contributed by atoms with Gasteiger partial charge in [-0.1, -0.05) is 0 Å². The molecule has 3 aliphatic heterocycles. The number of amides is 1. The summed E-state index contributed by atoms with van der Waals surface area (Å²) < 4.78 is 1.85. The molecule has 2 aromatic rings. The topological polar surface area (TPSA) is 95.0 Å². The number of piperidine rings is 1. The van der Waals surface area contributed by atoms with E-state index in [0.29, 0.717) is 6.54 Å². The Hall–Kier alpha value is -1.94. The van der Waals surface area contributed by atoms with Gasteiger partial charge in [-0.15, -0.1) is 11.6 Å². The first kappa shape index (κ1) is 22.8. The van der Waals surface area contributed by atoms with Gasteiger partial charge in [-0.25, -0.2) is 14.5 Å². The van der Waals surface area contributed by atoms with Gasteiger partial charge in [0.1, 0.15) is 11.9 Å². The lowest BCUT2D eigenvalue weighted by atomic mass is 9.97. The van der Waals surface area contributed by atoms with Crippen molar-refractivity contribution in [3.8, 4) is 0 Å². The van der Waals surface area contributed by atoms with Gasteiger partial charge in [0.25, 0.3) is 0 Å². The molecule has 0 spiro atoms. The van der Waals surface area contributed by atoms with Crippen molar-refractivity contribution >= 4 is 29.0 Å². The summed E-state index contributed by atoms with van der Waals surface area (Å²) in [6.07, 6.45) is 6.00. The Bertz CT molecular complexity index is 1030. The van der Waals surface area contributed by atoms with E-state index in [1.165, 1.54) is 0 Å². The predicted octanol–water partition coefficient (Wildman–Crippen LogP) is 1.83. The van der Waals surface area contributed by atoms with Crippen molar-refractivity contribution in [2.75, 3.05) is 31.1 Å². The number of likely N-dealkylation sites (tertiary alicyclic amines) is 1. The normalized spacial score (nSPS) is 29.0. The number of carbonyl (C=O) groups is 1. The summed E-state index contributed by atoms with van der Waals surface area (Å²) >= 11 is 6.60. The number of anilines is 1. The Labute approximate surface area is 200 Å². The van der Waals surface area contributed by atoms with Gasteiger partial charge in [-0.2, -0.15) is 5.10 Å². The first-order valence-corrected chi connectivity index (χ1v) is 12.6. The number of nitrogens with zero attached hydrogens (tertiary/aromatic N) is 6. The molecular weight excluding hydrogens is 440 g/mol. The molecule has 10 heteroatoms. The van der Waals surface area contributed by atoms with E-state index in [-0.39, 0.29) is 35.5 Å². The fraction of sp³-hybridized carbons (Fsp3) is 0.696. The van der Waals surface area contributed by atoms with E-state index in [1.807, 2.05) is 26.7 Å². The average molecular weight is 475 g/mol. The minimum absolute atomic E-state index is 0.0598. The molecule has 0 aliphatic carbocycles. The summed E-state index contributed by atoms with van der Waals surface area (Å²) in [5, 5.41) is 6.63. The van der Waals surface area contributed by atoms with Crippen LogP contribution in [0.4, 0.5) is 5.82 Å². The van der Waals surface area contributed by atoms with Crippen LogP contribution in [-0.4, -0.2) is 80.1 Å². The number of carbonyl (C=O) groups excluding carboxylic acids is 1. The van der Waals surface area contributed by atoms with E-state index < -0.39 is 0 Å². The fourth-order valence-electron chi connectivity index (χ4n) is 5.51. The van der Waals surface area contributed by atoms with E-state index in [2.05, 4.69) is 31.1 Å². The number of nitrogens with two attached hydrogens (primary N) is 1. The van der Waals surface area contributed by atoms with Crippen LogP contribution in [-0.2, 0) is 4.79 Å². The number of hydrazine groups is 1. The molecular formula is C23H35ClN8O. The van der Waals surface area contributed by atoms with Gasteiger partial charge in [0.15, 0.2) is 5.65 Å². The molecule has 0 radical (unpaired) electrons. The van der Waals surface area contributed by atoms with Crippen molar-refractivity contribution in [3.63, 3.8) is 0 Å². The Balaban J connectivity index is 1.44. The highest BCUT2D eigenvalue weighted by Crippen LogP contribution is 2.34. The lowest BCUT2D eigenvalue weighted by Crippen LogP contribution is -2.54. The molecule has 4 atom stereocenters. The molecule has 0 saturated carbocycles. The zero-order valence-electron chi connectivity index (χ0n) is 19.7. The van der Waals surface area contributed by atoms with Crippen molar-refractivity contribution in [3.05, 3.63) is 23.5 Å². The summed E-state index contributed by atoms with van der Waals surface area (Å²) in [5.74, 6) is 1.07. The maximum Gasteiger partial charge on any atom is 0.243 e. The van der Waals surface area contributed by atoms with Crippen LogP contribution in [0.2, 0.25) is 0 Å². The number of aryl methyl sites for hydroxylation is 1. The highest BCUT2D eigenvalue weighted by atomic mass is 35.5. The molecule has 3 fully saturated rings. The molecule has 3 saturated heterocycles. The van der Waals surface area contributed by atoms with Gasteiger partial charge in [0.2, 0.25) is 5.91 Å². The number of hydrogen-bond acceptors (Lipinski definition) is 7. The van der Waals surface area contributed by atoms with Crippen LogP contribution >= 0.6 is 11.6 Å². The molecule has 3 N–H and O–H groups in total. The molecule has 2 unspecified atom stereocenters. The quantitative estimate of drug-likeness (QED) is 0.653. The minimum atomic E-state index is -0.365. The smallest absolute Gasteiger partial charge is 0.243 e. The summed E-state index contributed by atoms with van der Waals surface area (Å²) in [6, 6.07) is 2.00. The molecule has 1 amide bonds.